The van der Waals surface area contributed by atoms with Crippen molar-refractivity contribution in [2.75, 3.05) is 14.1 Å². The Balaban J connectivity index is 2.79. The van der Waals surface area contributed by atoms with Gasteiger partial charge in [-0.1, -0.05) is 25.5 Å². The van der Waals surface area contributed by atoms with Crippen molar-refractivity contribution in [3.63, 3.8) is 0 Å². The largest absolute Gasteiger partial charge is 0.385 e. The molecule has 0 aliphatic rings. The van der Waals surface area contributed by atoms with Gasteiger partial charge in [-0.3, -0.25) is 0 Å². The third-order valence-corrected chi connectivity index (χ3v) is 2.55. The first kappa shape index (κ1) is 14.1. The molecule has 1 rings (SSSR count). The second kappa shape index (κ2) is 6.69. The Labute approximate surface area is 109 Å². The summed E-state index contributed by atoms with van der Waals surface area (Å²) in [6.07, 6.45) is 3.89. The highest BCUT2D eigenvalue weighted by Crippen LogP contribution is 2.14. The fraction of sp³-hybridized carbons (Fsp3) is 0.357. The van der Waals surface area contributed by atoms with Gasteiger partial charge in [0.15, 0.2) is 0 Å². The average Bonchev–Trinajstić information content (AvgIpc) is 2.31. The smallest absolute Gasteiger partial charge is 0.127 e. The van der Waals surface area contributed by atoms with E-state index in [1.54, 1.807) is 11.0 Å². The molecular weight excluding hydrogens is 224 g/mol. The van der Waals surface area contributed by atoms with Crippen LogP contribution in [0.1, 0.15) is 18.9 Å². The van der Waals surface area contributed by atoms with Crippen LogP contribution in [0.15, 0.2) is 41.2 Å². The van der Waals surface area contributed by atoms with Crippen LogP contribution in [-0.4, -0.2) is 24.8 Å². The second-order valence-corrected chi connectivity index (χ2v) is 4.42. The maximum atomic E-state index is 5.81. The summed E-state index contributed by atoms with van der Waals surface area (Å²) in [5, 5.41) is 0. The molecule has 0 aliphatic heterocycles. The lowest BCUT2D eigenvalue weighted by atomic mass is 10.1. The van der Waals surface area contributed by atoms with Crippen molar-refractivity contribution < 1.29 is 0 Å². The van der Waals surface area contributed by atoms with Gasteiger partial charge in [-0.05, 0) is 24.1 Å². The average molecular weight is 246 g/mol. The molecule has 0 aliphatic carbocycles. The van der Waals surface area contributed by atoms with Gasteiger partial charge in [-0.15, -0.1) is 0 Å². The molecule has 4 nitrogen and oxygen atoms in total. The van der Waals surface area contributed by atoms with Crippen molar-refractivity contribution in [2.24, 2.45) is 16.5 Å². The van der Waals surface area contributed by atoms with Crippen molar-refractivity contribution in [1.29, 1.82) is 0 Å². The fourth-order valence-corrected chi connectivity index (χ4v) is 1.49. The van der Waals surface area contributed by atoms with Gasteiger partial charge in [0, 0.05) is 20.2 Å². The van der Waals surface area contributed by atoms with Gasteiger partial charge in [-0.2, -0.15) is 0 Å². The van der Waals surface area contributed by atoms with E-state index in [0.717, 1.165) is 18.5 Å². The third-order valence-electron chi connectivity index (χ3n) is 2.55. The topological polar surface area (TPSA) is 67.6 Å². The van der Waals surface area contributed by atoms with Crippen molar-refractivity contribution in [3.05, 3.63) is 41.7 Å². The highest BCUT2D eigenvalue weighted by molar-refractivity contribution is 5.93. The molecule has 0 radical (unpaired) electrons. The molecule has 18 heavy (non-hydrogen) atoms. The van der Waals surface area contributed by atoms with Gasteiger partial charge in [0.2, 0.25) is 0 Å². The predicted molar refractivity (Wildman–Crippen MR) is 77.7 cm³/mol. The first-order valence-corrected chi connectivity index (χ1v) is 6.10. The van der Waals surface area contributed by atoms with Gasteiger partial charge in [0.25, 0.3) is 0 Å². The monoisotopic (exact) mass is 246 g/mol. The van der Waals surface area contributed by atoms with Crippen molar-refractivity contribution in [1.82, 2.24) is 4.90 Å². The summed E-state index contributed by atoms with van der Waals surface area (Å²) in [4.78, 5) is 6.08. The molecular formula is C14H22N4. The molecule has 1 aromatic carbocycles. The third kappa shape index (κ3) is 4.49. The van der Waals surface area contributed by atoms with Crippen molar-refractivity contribution in [2.45, 2.75) is 19.8 Å². The minimum atomic E-state index is 0.407. The van der Waals surface area contributed by atoms with Crippen molar-refractivity contribution in [3.8, 4) is 0 Å². The lowest BCUT2D eigenvalue weighted by Gasteiger charge is -2.11. The highest BCUT2D eigenvalue weighted by Gasteiger charge is 1.96. The number of amidine groups is 1. The van der Waals surface area contributed by atoms with Gasteiger partial charge < -0.3 is 16.4 Å². The first-order valence-electron chi connectivity index (χ1n) is 6.10. The zero-order chi connectivity index (χ0) is 13.5. The van der Waals surface area contributed by atoms with Crippen LogP contribution in [0.4, 0.5) is 5.69 Å². The molecule has 98 valence electrons. The van der Waals surface area contributed by atoms with E-state index in [2.05, 4.69) is 24.0 Å². The number of aryl methyl sites for hydroxylation is 1. The Hall–Kier alpha value is -1.97. The SMILES string of the molecule is CCCc1ccc(N=C(N)C=C(N)N(C)C)cc1. The Bertz CT molecular complexity index is 430. The maximum absolute atomic E-state index is 5.81. The van der Waals surface area contributed by atoms with E-state index in [-0.39, 0.29) is 0 Å². The number of nitrogens with zero attached hydrogens (tertiary/aromatic N) is 2. The summed E-state index contributed by atoms with van der Waals surface area (Å²) in [6, 6.07) is 8.10. The van der Waals surface area contributed by atoms with Crippen molar-refractivity contribution >= 4 is 11.5 Å². The number of aliphatic imine (C=N–C) groups is 1. The summed E-state index contributed by atoms with van der Waals surface area (Å²) < 4.78 is 0. The van der Waals surface area contributed by atoms with Crippen LogP contribution in [0.25, 0.3) is 0 Å². The fourth-order valence-electron chi connectivity index (χ4n) is 1.49. The molecule has 4 heteroatoms. The summed E-state index contributed by atoms with van der Waals surface area (Å²) in [6.45, 7) is 2.17. The lowest BCUT2D eigenvalue weighted by Crippen LogP contribution is -2.21. The van der Waals surface area contributed by atoms with E-state index in [1.165, 1.54) is 5.56 Å². The van der Waals surface area contributed by atoms with Crippen LogP contribution in [0.3, 0.4) is 0 Å². The minimum absolute atomic E-state index is 0.407. The minimum Gasteiger partial charge on any atom is -0.385 e. The van der Waals surface area contributed by atoms with E-state index >= 15 is 0 Å². The molecule has 0 spiro atoms. The molecule has 1 aromatic rings. The zero-order valence-electron chi connectivity index (χ0n) is 11.4. The highest BCUT2D eigenvalue weighted by atomic mass is 15.1. The molecule has 0 aromatic heterocycles. The predicted octanol–water partition coefficient (Wildman–Crippen LogP) is 1.99. The van der Waals surface area contributed by atoms with Crippen LogP contribution < -0.4 is 11.5 Å². The normalized spacial score (nSPS) is 12.6. The van der Waals surface area contributed by atoms with Gasteiger partial charge >= 0.3 is 0 Å². The Kier molecular flexibility index (Phi) is 5.24. The molecule has 0 bridgehead atoms. The number of benzene rings is 1. The summed E-state index contributed by atoms with van der Waals surface area (Å²) in [5.41, 5.74) is 13.7. The summed E-state index contributed by atoms with van der Waals surface area (Å²) in [7, 11) is 3.72. The number of hydrogen-bond donors (Lipinski definition) is 2. The molecule has 4 N–H and O–H groups in total. The molecule has 0 saturated carbocycles. The molecule has 0 atom stereocenters. The molecule has 0 unspecified atom stereocenters. The summed E-state index contributed by atoms with van der Waals surface area (Å²) in [5.74, 6) is 0.989. The lowest BCUT2D eigenvalue weighted by molar-refractivity contribution is 0.506. The molecule has 0 fully saturated rings. The van der Waals surface area contributed by atoms with Crippen LogP contribution in [0, 0.1) is 0 Å². The van der Waals surface area contributed by atoms with E-state index in [0.29, 0.717) is 11.7 Å². The van der Waals surface area contributed by atoms with Gasteiger partial charge in [-0.25, -0.2) is 4.99 Å². The van der Waals surface area contributed by atoms with Crippen LogP contribution in [-0.2, 0) is 6.42 Å². The van der Waals surface area contributed by atoms with Crippen LogP contribution in [0.2, 0.25) is 0 Å². The Morgan fingerprint density at radius 1 is 1.22 bits per heavy atom. The number of nitrogens with two attached hydrogens (primary N) is 2. The van der Waals surface area contributed by atoms with Crippen LogP contribution >= 0.6 is 0 Å². The van der Waals surface area contributed by atoms with Crippen LogP contribution in [0.5, 0.6) is 0 Å². The molecule has 0 heterocycles. The Morgan fingerprint density at radius 2 is 1.83 bits per heavy atom. The van der Waals surface area contributed by atoms with E-state index in [9.17, 15) is 0 Å². The zero-order valence-corrected chi connectivity index (χ0v) is 11.4. The van der Waals surface area contributed by atoms with E-state index < -0.39 is 0 Å². The molecule has 0 amide bonds. The van der Waals surface area contributed by atoms with Gasteiger partial charge in [0.05, 0.1) is 5.69 Å². The number of hydrogen-bond acceptors (Lipinski definition) is 3. The number of rotatable bonds is 5. The summed E-state index contributed by atoms with van der Waals surface area (Å²) >= 11 is 0. The van der Waals surface area contributed by atoms with Gasteiger partial charge in [0.1, 0.15) is 11.7 Å². The van der Waals surface area contributed by atoms with E-state index in [4.69, 9.17) is 11.5 Å². The molecule has 0 saturated heterocycles. The quantitative estimate of drug-likeness (QED) is 0.616. The Morgan fingerprint density at radius 3 is 2.33 bits per heavy atom. The first-order chi connectivity index (χ1) is 8.52. The standard InChI is InChI=1S/C14H22N4/c1-4-5-11-6-8-12(9-7-11)17-13(15)10-14(16)18(2)3/h6-10H,4-5,16H2,1-3H3,(H2,15,17). The van der Waals surface area contributed by atoms with E-state index in [1.807, 2.05) is 26.2 Å². The maximum Gasteiger partial charge on any atom is 0.127 e. The second-order valence-electron chi connectivity index (χ2n) is 4.42.